The fraction of sp³-hybridized carbons (Fsp3) is 0.267. The average molecular weight is 294 g/mol. The maximum Gasteiger partial charge on any atom is 0.341 e. The zero-order chi connectivity index (χ0) is 14.5. The third-order valence-electron chi connectivity index (χ3n) is 2.95. The maximum atomic E-state index is 11.5. The van der Waals surface area contributed by atoms with Gasteiger partial charge in [-0.1, -0.05) is 29.8 Å². The molecule has 0 amide bonds. The number of benzene rings is 1. The Hall–Kier alpha value is -1.78. The van der Waals surface area contributed by atoms with Crippen molar-refractivity contribution in [2.24, 2.45) is 0 Å². The molecule has 0 bridgehead atoms. The van der Waals surface area contributed by atoms with Crippen LogP contribution in [0.15, 0.2) is 34.7 Å². The molecule has 1 N–H and O–H groups in total. The topological polar surface area (TPSA) is 51.5 Å². The average Bonchev–Trinajstić information content (AvgIpc) is 2.81. The molecule has 0 saturated heterocycles. The molecule has 0 fully saturated rings. The van der Waals surface area contributed by atoms with Crippen LogP contribution in [0, 0.1) is 6.92 Å². The van der Waals surface area contributed by atoms with Crippen molar-refractivity contribution in [1.82, 2.24) is 5.32 Å². The van der Waals surface area contributed by atoms with Crippen LogP contribution in [-0.2, 0) is 17.8 Å². The lowest BCUT2D eigenvalue weighted by Gasteiger charge is -2.04. The molecule has 0 spiro atoms. The van der Waals surface area contributed by atoms with Crippen molar-refractivity contribution in [3.05, 3.63) is 58.0 Å². The molecule has 0 radical (unpaired) electrons. The van der Waals surface area contributed by atoms with Gasteiger partial charge in [0, 0.05) is 11.6 Å². The summed E-state index contributed by atoms with van der Waals surface area (Å²) in [7, 11) is 1.35. The number of hydrogen-bond acceptors (Lipinski definition) is 4. The fourth-order valence-corrected chi connectivity index (χ4v) is 2.11. The quantitative estimate of drug-likeness (QED) is 0.859. The second-order valence-electron chi connectivity index (χ2n) is 4.37. The summed E-state index contributed by atoms with van der Waals surface area (Å²) in [5.74, 6) is 0.866. The number of esters is 1. The van der Waals surface area contributed by atoms with Crippen LogP contribution >= 0.6 is 11.6 Å². The number of carbonyl (C=O) groups is 1. The molecule has 5 heteroatoms. The van der Waals surface area contributed by atoms with Crippen molar-refractivity contribution in [3.63, 3.8) is 0 Å². The van der Waals surface area contributed by atoms with Crippen molar-refractivity contribution >= 4 is 17.6 Å². The van der Waals surface area contributed by atoms with Gasteiger partial charge in [-0.15, -0.1) is 0 Å². The second kappa shape index (κ2) is 6.59. The Morgan fingerprint density at radius 2 is 2.10 bits per heavy atom. The summed E-state index contributed by atoms with van der Waals surface area (Å²) in [4.78, 5) is 11.5. The minimum atomic E-state index is -0.386. The molecular weight excluding hydrogens is 278 g/mol. The van der Waals surface area contributed by atoms with E-state index in [-0.39, 0.29) is 5.97 Å². The largest absolute Gasteiger partial charge is 0.465 e. The highest BCUT2D eigenvalue weighted by molar-refractivity contribution is 6.31. The standard InChI is InChI=1S/C15H16ClNO3/c1-10-13(15(18)19-2)7-12(20-10)9-17-8-11-5-3-4-6-14(11)16/h3-7,17H,8-9H2,1-2H3. The molecule has 0 aliphatic carbocycles. The number of nitrogens with one attached hydrogen (secondary N) is 1. The Morgan fingerprint density at radius 1 is 1.35 bits per heavy atom. The number of hydrogen-bond donors (Lipinski definition) is 1. The van der Waals surface area contributed by atoms with Crippen LogP contribution in [-0.4, -0.2) is 13.1 Å². The molecule has 1 aromatic carbocycles. The molecule has 2 rings (SSSR count). The lowest BCUT2D eigenvalue weighted by Crippen LogP contribution is -2.12. The smallest absolute Gasteiger partial charge is 0.341 e. The Balaban J connectivity index is 1.95. The van der Waals surface area contributed by atoms with E-state index in [1.807, 2.05) is 24.3 Å². The predicted molar refractivity (Wildman–Crippen MR) is 76.8 cm³/mol. The first kappa shape index (κ1) is 14.6. The summed E-state index contributed by atoms with van der Waals surface area (Å²) < 4.78 is 10.2. The van der Waals surface area contributed by atoms with Crippen LogP contribution in [0.2, 0.25) is 5.02 Å². The minimum absolute atomic E-state index is 0.386. The van der Waals surface area contributed by atoms with Crippen molar-refractivity contribution in [2.45, 2.75) is 20.0 Å². The molecule has 2 aromatic rings. The number of carbonyl (C=O) groups excluding carboxylic acids is 1. The molecule has 0 saturated carbocycles. The van der Waals surface area contributed by atoms with Gasteiger partial charge in [0.1, 0.15) is 17.1 Å². The van der Waals surface area contributed by atoms with Crippen molar-refractivity contribution < 1.29 is 13.9 Å². The number of furan rings is 1. The highest BCUT2D eigenvalue weighted by Gasteiger charge is 2.14. The monoisotopic (exact) mass is 293 g/mol. The summed E-state index contributed by atoms with van der Waals surface area (Å²) >= 11 is 6.07. The molecule has 20 heavy (non-hydrogen) atoms. The molecule has 1 heterocycles. The Kier molecular flexibility index (Phi) is 4.82. The number of ether oxygens (including phenoxy) is 1. The zero-order valence-electron chi connectivity index (χ0n) is 11.4. The molecule has 106 valence electrons. The summed E-state index contributed by atoms with van der Waals surface area (Å²) in [5.41, 5.74) is 1.48. The van der Waals surface area contributed by atoms with Crippen LogP contribution in [0.4, 0.5) is 0 Å². The number of aryl methyl sites for hydroxylation is 1. The molecule has 0 aliphatic rings. The van der Waals surface area contributed by atoms with E-state index in [2.05, 4.69) is 10.1 Å². The van der Waals surface area contributed by atoms with Gasteiger partial charge >= 0.3 is 5.97 Å². The highest BCUT2D eigenvalue weighted by Crippen LogP contribution is 2.17. The first-order valence-electron chi connectivity index (χ1n) is 6.23. The van der Waals surface area contributed by atoms with Gasteiger partial charge < -0.3 is 14.5 Å². The third kappa shape index (κ3) is 3.40. The molecule has 1 aromatic heterocycles. The van der Waals surface area contributed by atoms with E-state index < -0.39 is 0 Å². The van der Waals surface area contributed by atoms with E-state index in [1.54, 1.807) is 13.0 Å². The number of rotatable bonds is 5. The van der Waals surface area contributed by atoms with E-state index in [4.69, 9.17) is 16.0 Å². The number of methoxy groups -OCH3 is 1. The van der Waals surface area contributed by atoms with Gasteiger partial charge in [-0.05, 0) is 24.6 Å². The highest BCUT2D eigenvalue weighted by atomic mass is 35.5. The van der Waals surface area contributed by atoms with Gasteiger partial charge in [0.25, 0.3) is 0 Å². The molecule has 0 unspecified atom stereocenters. The van der Waals surface area contributed by atoms with Crippen molar-refractivity contribution in [2.75, 3.05) is 7.11 Å². The zero-order valence-corrected chi connectivity index (χ0v) is 12.2. The van der Waals surface area contributed by atoms with Gasteiger partial charge in [0.05, 0.1) is 13.7 Å². The van der Waals surface area contributed by atoms with E-state index >= 15 is 0 Å². The second-order valence-corrected chi connectivity index (χ2v) is 4.78. The van der Waals surface area contributed by atoms with Crippen LogP contribution in [0.25, 0.3) is 0 Å². The van der Waals surface area contributed by atoms with Crippen LogP contribution < -0.4 is 5.32 Å². The van der Waals surface area contributed by atoms with Crippen LogP contribution in [0.3, 0.4) is 0 Å². The van der Waals surface area contributed by atoms with Crippen molar-refractivity contribution in [3.8, 4) is 0 Å². The number of halogens is 1. The summed E-state index contributed by atoms with van der Waals surface area (Å²) in [6.07, 6.45) is 0. The van der Waals surface area contributed by atoms with E-state index in [0.29, 0.717) is 30.2 Å². The van der Waals surface area contributed by atoms with Gasteiger partial charge in [-0.3, -0.25) is 0 Å². The minimum Gasteiger partial charge on any atom is -0.465 e. The molecule has 4 nitrogen and oxygen atoms in total. The molecule has 0 atom stereocenters. The van der Waals surface area contributed by atoms with Gasteiger partial charge in [-0.25, -0.2) is 4.79 Å². The van der Waals surface area contributed by atoms with Gasteiger partial charge in [-0.2, -0.15) is 0 Å². The SMILES string of the molecule is COC(=O)c1cc(CNCc2ccccc2Cl)oc1C. The van der Waals surface area contributed by atoms with Crippen LogP contribution in [0.1, 0.15) is 27.4 Å². The summed E-state index contributed by atoms with van der Waals surface area (Å²) in [5, 5.41) is 3.95. The lowest BCUT2D eigenvalue weighted by atomic mass is 10.2. The first-order chi connectivity index (χ1) is 9.61. The van der Waals surface area contributed by atoms with E-state index in [1.165, 1.54) is 7.11 Å². The summed E-state index contributed by atoms with van der Waals surface area (Å²) in [6.45, 7) is 2.89. The lowest BCUT2D eigenvalue weighted by molar-refractivity contribution is 0.0599. The van der Waals surface area contributed by atoms with E-state index in [0.717, 1.165) is 10.6 Å². The maximum absolute atomic E-state index is 11.5. The predicted octanol–water partition coefficient (Wildman–Crippen LogP) is 3.32. The first-order valence-corrected chi connectivity index (χ1v) is 6.61. The fourth-order valence-electron chi connectivity index (χ4n) is 1.91. The van der Waals surface area contributed by atoms with Crippen LogP contribution in [0.5, 0.6) is 0 Å². The normalized spacial score (nSPS) is 10.6. The Morgan fingerprint density at radius 3 is 2.80 bits per heavy atom. The van der Waals surface area contributed by atoms with Gasteiger partial charge in [0.15, 0.2) is 0 Å². The van der Waals surface area contributed by atoms with Crippen molar-refractivity contribution in [1.29, 1.82) is 0 Å². The van der Waals surface area contributed by atoms with E-state index in [9.17, 15) is 4.79 Å². The molecular formula is C15H16ClNO3. The summed E-state index contributed by atoms with van der Waals surface area (Å²) in [6, 6.07) is 9.34. The third-order valence-corrected chi connectivity index (χ3v) is 3.32. The van der Waals surface area contributed by atoms with Gasteiger partial charge in [0.2, 0.25) is 0 Å². The molecule has 0 aliphatic heterocycles. The Bertz CT molecular complexity index is 607. The Labute approximate surface area is 122 Å².